The number of likely N-dealkylation sites (tertiary alicyclic amines) is 1. The number of hydrogen-bond donors (Lipinski definition) is 1. The molecule has 0 amide bonds. The van der Waals surface area contributed by atoms with Crippen molar-refractivity contribution in [3.05, 3.63) is 29.8 Å². The van der Waals surface area contributed by atoms with Crippen molar-refractivity contribution in [3.63, 3.8) is 0 Å². The minimum absolute atomic E-state index is 0.596. The Kier molecular flexibility index (Phi) is 3.76. The van der Waals surface area contributed by atoms with Crippen LogP contribution >= 0.6 is 0 Å². The van der Waals surface area contributed by atoms with Crippen LogP contribution in [0.3, 0.4) is 0 Å². The van der Waals surface area contributed by atoms with E-state index in [-0.39, 0.29) is 0 Å². The molecule has 104 valence electrons. The van der Waals surface area contributed by atoms with E-state index in [1.165, 1.54) is 50.1 Å². The van der Waals surface area contributed by atoms with Gasteiger partial charge in [-0.1, -0.05) is 18.2 Å². The Bertz CT molecular complexity index is 405. The number of likely N-dealkylation sites (N-methyl/N-ethyl adjacent to an activating group) is 1. The molecule has 1 aromatic rings. The lowest BCUT2D eigenvalue weighted by Crippen LogP contribution is -2.48. The lowest BCUT2D eigenvalue weighted by molar-refractivity contribution is 0.130. The molecule has 1 aromatic carbocycles. The normalized spacial score (nSPS) is 27.3. The van der Waals surface area contributed by atoms with Crippen LogP contribution in [0.25, 0.3) is 0 Å². The molecule has 0 aromatic heterocycles. The number of fused-ring (bicyclic) bond motifs is 1. The van der Waals surface area contributed by atoms with Crippen LogP contribution in [0.15, 0.2) is 24.3 Å². The summed E-state index contributed by atoms with van der Waals surface area (Å²) in [6.07, 6.45) is 3.86. The second-order valence-electron chi connectivity index (χ2n) is 6.22. The molecule has 1 saturated heterocycles. The monoisotopic (exact) mass is 259 g/mol. The molecule has 2 unspecified atom stereocenters. The fourth-order valence-electron chi connectivity index (χ4n) is 3.42. The molecular formula is C16H25N3. The fourth-order valence-corrected chi connectivity index (χ4v) is 3.42. The molecule has 0 saturated carbocycles. The molecule has 2 aliphatic rings. The number of anilines is 1. The Morgan fingerprint density at radius 1 is 1.32 bits per heavy atom. The first-order valence-electron chi connectivity index (χ1n) is 7.45. The first kappa shape index (κ1) is 12.9. The molecule has 0 bridgehead atoms. The van der Waals surface area contributed by atoms with Gasteiger partial charge in [0.25, 0.3) is 0 Å². The number of nitrogens with zero attached hydrogens (tertiary/aromatic N) is 2. The van der Waals surface area contributed by atoms with E-state index in [0.717, 1.165) is 6.04 Å². The standard InChI is InChI=1S/C16H25N3/c1-18(2)15-7-5-9-19(12-15)11-14-10-13-6-3-4-8-16(13)17-14/h3-4,6,8,14-15,17H,5,7,9-12H2,1-2H3. The summed E-state index contributed by atoms with van der Waals surface area (Å²) in [6.45, 7) is 3.67. The van der Waals surface area contributed by atoms with Gasteiger partial charge in [0.05, 0.1) is 0 Å². The highest BCUT2D eigenvalue weighted by atomic mass is 15.2. The van der Waals surface area contributed by atoms with Gasteiger partial charge < -0.3 is 10.2 Å². The smallest absolute Gasteiger partial charge is 0.0429 e. The number of nitrogens with one attached hydrogen (secondary N) is 1. The Hall–Kier alpha value is -1.06. The average Bonchev–Trinajstić information content (AvgIpc) is 2.81. The first-order valence-corrected chi connectivity index (χ1v) is 7.45. The van der Waals surface area contributed by atoms with Crippen molar-refractivity contribution < 1.29 is 0 Å². The molecule has 2 atom stereocenters. The van der Waals surface area contributed by atoms with Gasteiger partial charge in [-0.2, -0.15) is 0 Å². The van der Waals surface area contributed by atoms with E-state index in [1.54, 1.807) is 0 Å². The van der Waals surface area contributed by atoms with Crippen LogP contribution in [0.5, 0.6) is 0 Å². The Morgan fingerprint density at radius 2 is 2.16 bits per heavy atom. The van der Waals surface area contributed by atoms with Crippen molar-refractivity contribution in [2.24, 2.45) is 0 Å². The lowest BCUT2D eigenvalue weighted by Gasteiger charge is -2.37. The van der Waals surface area contributed by atoms with Gasteiger partial charge in [0, 0.05) is 30.9 Å². The van der Waals surface area contributed by atoms with E-state index >= 15 is 0 Å². The number of benzene rings is 1. The molecule has 0 radical (unpaired) electrons. The SMILES string of the molecule is CN(C)C1CCCN(CC2Cc3ccccc3N2)C1. The maximum absolute atomic E-state index is 3.67. The van der Waals surface area contributed by atoms with Gasteiger partial charge in [-0.15, -0.1) is 0 Å². The molecular weight excluding hydrogens is 234 g/mol. The molecule has 3 nitrogen and oxygen atoms in total. The predicted octanol–water partition coefficient (Wildman–Crippen LogP) is 2.05. The van der Waals surface area contributed by atoms with Gasteiger partial charge in [0.2, 0.25) is 0 Å². The van der Waals surface area contributed by atoms with Crippen molar-refractivity contribution >= 4 is 5.69 Å². The second-order valence-corrected chi connectivity index (χ2v) is 6.22. The summed E-state index contributed by atoms with van der Waals surface area (Å²) < 4.78 is 0. The van der Waals surface area contributed by atoms with Gasteiger partial charge in [0.1, 0.15) is 0 Å². The summed E-state index contributed by atoms with van der Waals surface area (Å²) in [7, 11) is 4.41. The number of para-hydroxylation sites is 1. The number of hydrogen-bond acceptors (Lipinski definition) is 3. The molecule has 0 spiro atoms. The number of rotatable bonds is 3. The van der Waals surface area contributed by atoms with Crippen molar-refractivity contribution in [1.82, 2.24) is 9.80 Å². The Labute approximate surface area is 116 Å². The van der Waals surface area contributed by atoms with Crippen LogP contribution in [0.4, 0.5) is 5.69 Å². The van der Waals surface area contributed by atoms with Crippen molar-refractivity contribution in [2.75, 3.05) is 39.0 Å². The summed E-state index contributed by atoms with van der Waals surface area (Å²) in [5.41, 5.74) is 2.82. The summed E-state index contributed by atoms with van der Waals surface area (Å²) in [5, 5.41) is 3.67. The third kappa shape index (κ3) is 2.93. The molecule has 1 N–H and O–H groups in total. The zero-order chi connectivity index (χ0) is 13.2. The minimum Gasteiger partial charge on any atom is -0.380 e. The highest BCUT2D eigenvalue weighted by Gasteiger charge is 2.26. The van der Waals surface area contributed by atoms with E-state index < -0.39 is 0 Å². The maximum Gasteiger partial charge on any atom is 0.0429 e. The summed E-state index contributed by atoms with van der Waals surface area (Å²) in [4.78, 5) is 5.01. The molecule has 19 heavy (non-hydrogen) atoms. The number of piperidine rings is 1. The van der Waals surface area contributed by atoms with Gasteiger partial charge in [-0.05, 0) is 51.5 Å². The Morgan fingerprint density at radius 3 is 2.95 bits per heavy atom. The van der Waals surface area contributed by atoms with Crippen LogP contribution in [0, 0.1) is 0 Å². The predicted molar refractivity (Wildman–Crippen MR) is 80.7 cm³/mol. The van der Waals surface area contributed by atoms with Crippen LogP contribution in [0.2, 0.25) is 0 Å². The fraction of sp³-hybridized carbons (Fsp3) is 0.625. The van der Waals surface area contributed by atoms with Crippen molar-refractivity contribution in [1.29, 1.82) is 0 Å². The van der Waals surface area contributed by atoms with E-state index in [0.29, 0.717) is 6.04 Å². The van der Waals surface area contributed by atoms with Crippen LogP contribution in [0.1, 0.15) is 18.4 Å². The average molecular weight is 259 g/mol. The van der Waals surface area contributed by atoms with Crippen LogP contribution in [-0.2, 0) is 6.42 Å². The van der Waals surface area contributed by atoms with E-state index in [4.69, 9.17) is 0 Å². The van der Waals surface area contributed by atoms with E-state index in [9.17, 15) is 0 Å². The zero-order valence-electron chi connectivity index (χ0n) is 12.1. The quantitative estimate of drug-likeness (QED) is 0.896. The highest BCUT2D eigenvalue weighted by molar-refractivity contribution is 5.56. The zero-order valence-corrected chi connectivity index (χ0v) is 12.1. The third-order valence-electron chi connectivity index (χ3n) is 4.53. The van der Waals surface area contributed by atoms with E-state index in [2.05, 4.69) is 53.5 Å². The van der Waals surface area contributed by atoms with Gasteiger partial charge in [-0.25, -0.2) is 0 Å². The van der Waals surface area contributed by atoms with Gasteiger partial charge in [0.15, 0.2) is 0 Å². The molecule has 3 heteroatoms. The topological polar surface area (TPSA) is 18.5 Å². The summed E-state index contributed by atoms with van der Waals surface area (Å²) >= 11 is 0. The van der Waals surface area contributed by atoms with E-state index in [1.807, 2.05) is 0 Å². The van der Waals surface area contributed by atoms with Gasteiger partial charge in [-0.3, -0.25) is 4.90 Å². The second kappa shape index (κ2) is 5.51. The molecule has 2 aliphatic heterocycles. The summed E-state index contributed by atoms with van der Waals surface area (Å²) in [5.74, 6) is 0. The van der Waals surface area contributed by atoms with Gasteiger partial charge >= 0.3 is 0 Å². The van der Waals surface area contributed by atoms with Crippen molar-refractivity contribution in [3.8, 4) is 0 Å². The molecule has 1 fully saturated rings. The Balaban J connectivity index is 1.56. The molecule has 3 rings (SSSR count). The summed E-state index contributed by atoms with van der Waals surface area (Å²) in [6, 6.07) is 10.1. The maximum atomic E-state index is 3.67. The minimum atomic E-state index is 0.596. The first-order chi connectivity index (χ1) is 9.22. The van der Waals surface area contributed by atoms with Crippen LogP contribution in [-0.4, -0.2) is 55.6 Å². The van der Waals surface area contributed by atoms with Crippen molar-refractivity contribution in [2.45, 2.75) is 31.3 Å². The van der Waals surface area contributed by atoms with Crippen LogP contribution < -0.4 is 5.32 Å². The highest BCUT2D eigenvalue weighted by Crippen LogP contribution is 2.26. The molecule has 2 heterocycles. The molecule has 0 aliphatic carbocycles. The third-order valence-corrected chi connectivity index (χ3v) is 4.53. The lowest BCUT2D eigenvalue weighted by atomic mass is 10.0. The largest absolute Gasteiger partial charge is 0.380 e.